The second kappa shape index (κ2) is 6.97. The van der Waals surface area contributed by atoms with Crippen LogP contribution >= 0.6 is 0 Å². The largest absolute Gasteiger partial charge is 0.385 e. The summed E-state index contributed by atoms with van der Waals surface area (Å²) in [5.41, 5.74) is 3.48. The zero-order valence-corrected chi connectivity index (χ0v) is 12.8. The maximum atomic E-state index is 12.1. The molecule has 1 heterocycles. The number of aryl methyl sites for hydroxylation is 1. The van der Waals surface area contributed by atoms with Crippen molar-refractivity contribution in [1.29, 1.82) is 0 Å². The summed E-state index contributed by atoms with van der Waals surface area (Å²) in [6, 6.07) is 6.25. The number of carbonyl (C=O) groups is 1. The topological polar surface area (TPSA) is 41.1 Å². The lowest BCUT2D eigenvalue weighted by molar-refractivity contribution is -0.116. The first kappa shape index (κ1) is 14.4. The van der Waals surface area contributed by atoms with Gasteiger partial charge >= 0.3 is 0 Å². The van der Waals surface area contributed by atoms with Crippen LogP contribution in [0.25, 0.3) is 0 Å². The summed E-state index contributed by atoms with van der Waals surface area (Å²) < 4.78 is 0. The van der Waals surface area contributed by atoms with Gasteiger partial charge in [0.2, 0.25) is 5.91 Å². The van der Waals surface area contributed by atoms with Crippen molar-refractivity contribution in [3.05, 3.63) is 23.8 Å². The van der Waals surface area contributed by atoms with Crippen LogP contribution < -0.4 is 10.6 Å². The summed E-state index contributed by atoms with van der Waals surface area (Å²) in [4.78, 5) is 12.1. The third-order valence-electron chi connectivity index (χ3n) is 4.84. The molecule has 0 atom stereocenters. The van der Waals surface area contributed by atoms with Crippen molar-refractivity contribution in [3.8, 4) is 0 Å². The van der Waals surface area contributed by atoms with E-state index in [0.29, 0.717) is 6.42 Å². The summed E-state index contributed by atoms with van der Waals surface area (Å²) in [6.07, 6.45) is 10.8. The molecule has 1 fully saturated rings. The minimum atomic E-state index is 0.163. The lowest BCUT2D eigenvalue weighted by atomic mass is 9.86. The number of carbonyl (C=O) groups excluding carboxylic acids is 1. The fraction of sp³-hybridized carbons (Fsp3) is 0.611. The predicted octanol–water partition coefficient (Wildman–Crippen LogP) is 4.34. The van der Waals surface area contributed by atoms with E-state index in [-0.39, 0.29) is 5.91 Å². The number of hydrogen-bond acceptors (Lipinski definition) is 2. The third kappa shape index (κ3) is 3.99. The molecule has 0 radical (unpaired) electrons. The van der Waals surface area contributed by atoms with Gasteiger partial charge in [0.1, 0.15) is 0 Å². The van der Waals surface area contributed by atoms with Gasteiger partial charge in [-0.05, 0) is 42.9 Å². The Labute approximate surface area is 127 Å². The summed E-state index contributed by atoms with van der Waals surface area (Å²) in [6.45, 7) is 1.03. The molecule has 21 heavy (non-hydrogen) atoms. The molecular weight excluding hydrogens is 260 g/mol. The first-order valence-corrected chi connectivity index (χ1v) is 8.48. The van der Waals surface area contributed by atoms with E-state index >= 15 is 0 Å². The van der Waals surface area contributed by atoms with Crippen LogP contribution in [-0.2, 0) is 11.2 Å². The van der Waals surface area contributed by atoms with Crippen molar-refractivity contribution in [2.24, 2.45) is 5.92 Å². The monoisotopic (exact) mass is 286 g/mol. The molecule has 2 aliphatic rings. The number of nitrogens with one attached hydrogen (secondary N) is 2. The molecule has 1 aliphatic heterocycles. The Morgan fingerprint density at radius 2 is 2.05 bits per heavy atom. The maximum Gasteiger partial charge on any atom is 0.224 e. The van der Waals surface area contributed by atoms with Crippen molar-refractivity contribution in [2.75, 3.05) is 17.2 Å². The minimum absolute atomic E-state index is 0.163. The predicted molar refractivity (Wildman–Crippen MR) is 87.7 cm³/mol. The highest BCUT2D eigenvalue weighted by atomic mass is 16.1. The highest BCUT2D eigenvalue weighted by Gasteiger charge is 2.15. The molecule has 114 valence electrons. The number of rotatable bonds is 4. The molecule has 1 amide bonds. The van der Waals surface area contributed by atoms with E-state index in [1.54, 1.807) is 0 Å². The van der Waals surface area contributed by atoms with Crippen molar-refractivity contribution in [2.45, 2.75) is 57.8 Å². The average Bonchev–Trinajstić information content (AvgIpc) is 2.54. The van der Waals surface area contributed by atoms with E-state index in [1.807, 2.05) is 6.07 Å². The van der Waals surface area contributed by atoms with Gasteiger partial charge < -0.3 is 10.6 Å². The summed E-state index contributed by atoms with van der Waals surface area (Å²) >= 11 is 0. The van der Waals surface area contributed by atoms with Gasteiger partial charge in [-0.15, -0.1) is 0 Å². The zero-order chi connectivity index (χ0) is 14.5. The Kier molecular flexibility index (Phi) is 4.79. The van der Waals surface area contributed by atoms with Gasteiger partial charge in [0.25, 0.3) is 0 Å². The normalized spacial score (nSPS) is 18.7. The minimum Gasteiger partial charge on any atom is -0.385 e. The van der Waals surface area contributed by atoms with E-state index < -0.39 is 0 Å². The van der Waals surface area contributed by atoms with Crippen molar-refractivity contribution >= 4 is 17.3 Å². The molecule has 1 aromatic rings. The smallest absolute Gasteiger partial charge is 0.224 e. The van der Waals surface area contributed by atoms with E-state index in [9.17, 15) is 4.79 Å². The lowest BCUT2D eigenvalue weighted by Gasteiger charge is -2.21. The molecule has 1 aliphatic carbocycles. The van der Waals surface area contributed by atoms with Gasteiger partial charge in [-0.1, -0.05) is 38.2 Å². The Morgan fingerprint density at radius 3 is 2.90 bits per heavy atom. The number of hydrogen-bond donors (Lipinski definition) is 2. The van der Waals surface area contributed by atoms with Crippen LogP contribution in [0.3, 0.4) is 0 Å². The van der Waals surface area contributed by atoms with Crippen molar-refractivity contribution in [1.82, 2.24) is 0 Å². The molecule has 1 aromatic carbocycles. The molecule has 0 aromatic heterocycles. The van der Waals surface area contributed by atoms with E-state index in [1.165, 1.54) is 49.8 Å². The highest BCUT2D eigenvalue weighted by molar-refractivity contribution is 5.91. The molecular formula is C18H26N2O. The molecule has 0 bridgehead atoms. The Hall–Kier alpha value is -1.51. The fourth-order valence-corrected chi connectivity index (χ4v) is 3.57. The van der Waals surface area contributed by atoms with Crippen LogP contribution in [0.1, 0.15) is 56.9 Å². The zero-order valence-electron chi connectivity index (χ0n) is 12.8. The van der Waals surface area contributed by atoms with Crippen molar-refractivity contribution < 1.29 is 4.79 Å². The summed E-state index contributed by atoms with van der Waals surface area (Å²) in [5.74, 6) is 0.936. The first-order chi connectivity index (χ1) is 10.3. The van der Waals surface area contributed by atoms with Crippen LogP contribution in [0.15, 0.2) is 18.2 Å². The number of anilines is 2. The van der Waals surface area contributed by atoms with Gasteiger partial charge in [-0.25, -0.2) is 0 Å². The highest BCUT2D eigenvalue weighted by Crippen LogP contribution is 2.28. The number of benzene rings is 1. The maximum absolute atomic E-state index is 12.1. The average molecular weight is 286 g/mol. The second-order valence-electron chi connectivity index (χ2n) is 6.49. The van der Waals surface area contributed by atoms with E-state index in [2.05, 4.69) is 22.8 Å². The molecule has 3 nitrogen and oxygen atoms in total. The van der Waals surface area contributed by atoms with Crippen LogP contribution in [0.4, 0.5) is 11.4 Å². The first-order valence-electron chi connectivity index (χ1n) is 8.48. The number of amides is 1. The third-order valence-corrected chi connectivity index (χ3v) is 4.84. The van der Waals surface area contributed by atoms with E-state index in [4.69, 9.17) is 0 Å². The Balaban J connectivity index is 1.50. The SMILES string of the molecule is O=C(CCC1CCCCC1)Nc1ccc2c(c1)NCCC2. The second-order valence-corrected chi connectivity index (χ2v) is 6.49. The molecule has 0 unspecified atom stereocenters. The fourth-order valence-electron chi connectivity index (χ4n) is 3.57. The number of fused-ring (bicyclic) bond motifs is 1. The van der Waals surface area contributed by atoms with E-state index in [0.717, 1.165) is 31.0 Å². The quantitative estimate of drug-likeness (QED) is 0.864. The molecule has 3 heteroatoms. The van der Waals surface area contributed by atoms with Crippen molar-refractivity contribution in [3.63, 3.8) is 0 Å². The van der Waals surface area contributed by atoms with Gasteiger partial charge in [0.15, 0.2) is 0 Å². The van der Waals surface area contributed by atoms with Gasteiger partial charge in [0, 0.05) is 24.3 Å². The van der Waals surface area contributed by atoms with Crippen LogP contribution in [0.5, 0.6) is 0 Å². The molecule has 0 spiro atoms. The molecule has 0 saturated heterocycles. The van der Waals surface area contributed by atoms with Crippen LogP contribution in [0.2, 0.25) is 0 Å². The van der Waals surface area contributed by atoms with Crippen LogP contribution in [0, 0.1) is 5.92 Å². The molecule has 3 rings (SSSR count). The molecule has 1 saturated carbocycles. The van der Waals surface area contributed by atoms with Crippen LogP contribution in [-0.4, -0.2) is 12.5 Å². The standard InChI is InChI=1S/C18H26N2O/c21-18(11-8-14-5-2-1-3-6-14)20-16-10-9-15-7-4-12-19-17(15)13-16/h9-10,13-14,19H,1-8,11-12H2,(H,20,21). The summed E-state index contributed by atoms with van der Waals surface area (Å²) in [5, 5.41) is 6.46. The lowest BCUT2D eigenvalue weighted by Crippen LogP contribution is -2.16. The van der Waals surface area contributed by atoms with Gasteiger partial charge in [-0.3, -0.25) is 4.79 Å². The van der Waals surface area contributed by atoms with Gasteiger partial charge in [-0.2, -0.15) is 0 Å². The Bertz CT molecular complexity index is 492. The Morgan fingerprint density at radius 1 is 1.19 bits per heavy atom. The summed E-state index contributed by atoms with van der Waals surface area (Å²) in [7, 11) is 0. The molecule has 2 N–H and O–H groups in total. The van der Waals surface area contributed by atoms with Gasteiger partial charge in [0.05, 0.1) is 0 Å².